The van der Waals surface area contributed by atoms with E-state index in [1.165, 1.54) is 4.88 Å². The molecule has 0 aliphatic carbocycles. The van der Waals surface area contributed by atoms with E-state index < -0.39 is 0 Å². The van der Waals surface area contributed by atoms with E-state index in [4.69, 9.17) is 11.6 Å². The van der Waals surface area contributed by atoms with E-state index in [9.17, 15) is 5.26 Å². The molecule has 0 spiro atoms. The lowest BCUT2D eigenvalue weighted by Gasteiger charge is -2.10. The van der Waals surface area contributed by atoms with Crippen LogP contribution in [-0.4, -0.2) is 6.54 Å². The summed E-state index contributed by atoms with van der Waals surface area (Å²) < 4.78 is 0.828. The van der Waals surface area contributed by atoms with Gasteiger partial charge in [0.1, 0.15) is 0 Å². The highest BCUT2D eigenvalue weighted by Gasteiger charge is 2.05. The molecule has 0 saturated carbocycles. The van der Waals surface area contributed by atoms with Crippen molar-refractivity contribution in [1.82, 2.24) is 0 Å². The first kappa shape index (κ1) is 13.9. The molecule has 0 fully saturated rings. The van der Waals surface area contributed by atoms with Gasteiger partial charge in [0.05, 0.1) is 16.0 Å². The number of rotatable bonds is 4. The van der Waals surface area contributed by atoms with Crippen LogP contribution >= 0.6 is 22.9 Å². The van der Waals surface area contributed by atoms with Gasteiger partial charge in [-0.1, -0.05) is 35.9 Å². The molecule has 0 aliphatic rings. The Morgan fingerprint density at radius 3 is 2.57 bits per heavy atom. The SMILES string of the molecule is N#Cc1ccc(NCCc2ccc(Cl)s2)c2ccccc12. The summed E-state index contributed by atoms with van der Waals surface area (Å²) in [6, 6.07) is 18.1. The van der Waals surface area contributed by atoms with E-state index in [1.807, 2.05) is 42.5 Å². The Balaban J connectivity index is 1.80. The predicted octanol–water partition coefficient (Wildman–Crippen LogP) is 5.08. The summed E-state index contributed by atoms with van der Waals surface area (Å²) in [6.07, 6.45) is 0.936. The largest absolute Gasteiger partial charge is 0.384 e. The first-order valence-corrected chi connectivity index (χ1v) is 7.87. The van der Waals surface area contributed by atoms with Crippen molar-refractivity contribution in [3.05, 3.63) is 63.3 Å². The number of nitriles is 1. The first-order valence-electron chi connectivity index (χ1n) is 6.68. The lowest BCUT2D eigenvalue weighted by molar-refractivity contribution is 1.05. The zero-order valence-electron chi connectivity index (χ0n) is 11.3. The topological polar surface area (TPSA) is 35.8 Å². The standard InChI is InChI=1S/C17H13ClN2S/c18-17-8-6-13(21-17)9-10-20-16-7-5-12(11-19)14-3-1-2-4-15(14)16/h1-8,20H,9-10H2. The van der Waals surface area contributed by atoms with Gasteiger partial charge in [-0.3, -0.25) is 0 Å². The van der Waals surface area contributed by atoms with Crippen molar-refractivity contribution in [2.24, 2.45) is 0 Å². The fraction of sp³-hybridized carbons (Fsp3) is 0.118. The molecule has 21 heavy (non-hydrogen) atoms. The molecule has 2 aromatic carbocycles. The maximum absolute atomic E-state index is 9.17. The molecule has 0 aliphatic heterocycles. The van der Waals surface area contributed by atoms with Gasteiger partial charge in [0.2, 0.25) is 0 Å². The number of hydrogen-bond donors (Lipinski definition) is 1. The van der Waals surface area contributed by atoms with Crippen LogP contribution in [0.5, 0.6) is 0 Å². The third-order valence-corrected chi connectivity index (χ3v) is 4.65. The van der Waals surface area contributed by atoms with Gasteiger partial charge in [-0.25, -0.2) is 0 Å². The van der Waals surface area contributed by atoms with Gasteiger partial charge in [0.25, 0.3) is 0 Å². The molecule has 4 heteroatoms. The number of nitrogens with zero attached hydrogens (tertiary/aromatic N) is 1. The van der Waals surface area contributed by atoms with Gasteiger partial charge < -0.3 is 5.32 Å². The number of halogens is 1. The smallest absolute Gasteiger partial charge is 0.0998 e. The average molecular weight is 313 g/mol. The molecular weight excluding hydrogens is 300 g/mol. The van der Waals surface area contributed by atoms with Crippen LogP contribution in [0.3, 0.4) is 0 Å². The number of hydrogen-bond acceptors (Lipinski definition) is 3. The van der Waals surface area contributed by atoms with Crippen LogP contribution in [0.4, 0.5) is 5.69 Å². The average Bonchev–Trinajstić information content (AvgIpc) is 2.93. The monoisotopic (exact) mass is 312 g/mol. The van der Waals surface area contributed by atoms with Crippen LogP contribution < -0.4 is 5.32 Å². The van der Waals surface area contributed by atoms with Gasteiger partial charge >= 0.3 is 0 Å². The molecule has 0 atom stereocenters. The van der Waals surface area contributed by atoms with Crippen molar-refractivity contribution < 1.29 is 0 Å². The number of thiophene rings is 1. The summed E-state index contributed by atoms with van der Waals surface area (Å²) in [4.78, 5) is 1.27. The van der Waals surface area contributed by atoms with Crippen LogP contribution in [0.1, 0.15) is 10.4 Å². The second kappa shape index (κ2) is 6.17. The Morgan fingerprint density at radius 1 is 1.05 bits per heavy atom. The number of nitrogens with one attached hydrogen (secondary N) is 1. The molecule has 3 aromatic rings. The van der Waals surface area contributed by atoms with Gasteiger partial charge in [0, 0.05) is 27.9 Å². The van der Waals surface area contributed by atoms with Gasteiger partial charge in [-0.15, -0.1) is 11.3 Å². The summed E-state index contributed by atoms with van der Waals surface area (Å²) in [5.41, 5.74) is 1.77. The number of anilines is 1. The highest BCUT2D eigenvalue weighted by molar-refractivity contribution is 7.16. The van der Waals surface area contributed by atoms with Crippen LogP contribution in [0.15, 0.2) is 48.5 Å². The minimum Gasteiger partial charge on any atom is -0.384 e. The van der Waals surface area contributed by atoms with E-state index in [0.717, 1.165) is 33.8 Å². The van der Waals surface area contributed by atoms with Crippen LogP contribution in [0.25, 0.3) is 10.8 Å². The molecule has 0 bridgehead atoms. The summed E-state index contributed by atoms with van der Waals surface area (Å²) >= 11 is 7.55. The Bertz CT molecular complexity index is 817. The summed E-state index contributed by atoms with van der Waals surface area (Å²) in [6.45, 7) is 0.840. The predicted molar refractivity (Wildman–Crippen MR) is 90.2 cm³/mol. The van der Waals surface area contributed by atoms with Crippen LogP contribution in [-0.2, 0) is 6.42 Å². The number of fused-ring (bicyclic) bond motifs is 1. The van der Waals surface area contributed by atoms with Gasteiger partial charge in [-0.2, -0.15) is 5.26 Å². The normalized spacial score (nSPS) is 10.5. The molecule has 1 aromatic heterocycles. The van der Waals surface area contributed by atoms with Gasteiger partial charge in [-0.05, 0) is 30.7 Å². The molecule has 2 nitrogen and oxygen atoms in total. The minimum atomic E-state index is 0.709. The molecule has 1 heterocycles. The molecule has 3 rings (SSSR count). The fourth-order valence-corrected chi connectivity index (χ4v) is 3.44. The maximum atomic E-state index is 9.17. The van der Waals surface area contributed by atoms with E-state index in [-0.39, 0.29) is 0 Å². The van der Waals surface area contributed by atoms with Crippen molar-refractivity contribution in [3.63, 3.8) is 0 Å². The summed E-state index contributed by atoms with van der Waals surface area (Å²) in [5, 5.41) is 14.7. The Morgan fingerprint density at radius 2 is 1.86 bits per heavy atom. The highest BCUT2D eigenvalue weighted by Crippen LogP contribution is 2.27. The Hall–Kier alpha value is -2.02. The molecule has 0 saturated heterocycles. The molecule has 0 radical (unpaired) electrons. The molecular formula is C17H13ClN2S. The molecule has 104 valence electrons. The quantitative estimate of drug-likeness (QED) is 0.729. The van der Waals surface area contributed by atoms with Crippen LogP contribution in [0, 0.1) is 11.3 Å². The zero-order valence-corrected chi connectivity index (χ0v) is 12.8. The van der Waals surface area contributed by atoms with E-state index >= 15 is 0 Å². The van der Waals surface area contributed by atoms with Gasteiger partial charge in [0.15, 0.2) is 0 Å². The van der Waals surface area contributed by atoms with Crippen molar-refractivity contribution >= 4 is 39.4 Å². The van der Waals surface area contributed by atoms with Crippen LogP contribution in [0.2, 0.25) is 4.34 Å². The lowest BCUT2D eigenvalue weighted by atomic mass is 10.0. The second-order valence-electron chi connectivity index (χ2n) is 4.70. The maximum Gasteiger partial charge on any atom is 0.0998 e. The van der Waals surface area contributed by atoms with Crippen molar-refractivity contribution in [2.75, 3.05) is 11.9 Å². The fourth-order valence-electron chi connectivity index (χ4n) is 2.36. The Labute approximate surface area is 132 Å². The zero-order chi connectivity index (χ0) is 14.7. The lowest BCUT2D eigenvalue weighted by Crippen LogP contribution is -2.04. The summed E-state index contributed by atoms with van der Waals surface area (Å²) in [5.74, 6) is 0. The highest BCUT2D eigenvalue weighted by atomic mass is 35.5. The van der Waals surface area contributed by atoms with E-state index in [1.54, 1.807) is 11.3 Å². The van der Waals surface area contributed by atoms with Crippen molar-refractivity contribution in [3.8, 4) is 6.07 Å². The van der Waals surface area contributed by atoms with Crippen molar-refractivity contribution in [1.29, 1.82) is 5.26 Å². The molecule has 0 unspecified atom stereocenters. The van der Waals surface area contributed by atoms with E-state index in [2.05, 4.69) is 17.5 Å². The second-order valence-corrected chi connectivity index (χ2v) is 6.50. The third kappa shape index (κ3) is 3.02. The first-order chi connectivity index (χ1) is 10.3. The molecule has 1 N–H and O–H groups in total. The number of benzene rings is 2. The summed E-state index contributed by atoms with van der Waals surface area (Å²) in [7, 11) is 0. The Kier molecular flexibility index (Phi) is 4.10. The van der Waals surface area contributed by atoms with E-state index in [0.29, 0.717) is 5.56 Å². The minimum absolute atomic E-state index is 0.709. The molecule has 0 amide bonds. The third-order valence-electron chi connectivity index (χ3n) is 3.36. The van der Waals surface area contributed by atoms with Crippen molar-refractivity contribution in [2.45, 2.75) is 6.42 Å².